The van der Waals surface area contributed by atoms with Crippen molar-refractivity contribution in [1.82, 2.24) is 4.98 Å². The van der Waals surface area contributed by atoms with Gasteiger partial charge in [-0.25, -0.2) is 0 Å². The van der Waals surface area contributed by atoms with Crippen LogP contribution in [-0.2, 0) is 6.42 Å². The SMILES string of the molecule is CC(C)Cc1cncc(B(O)O)c1. The number of pyridine rings is 1. The lowest BCUT2D eigenvalue weighted by Crippen LogP contribution is -2.30. The van der Waals surface area contributed by atoms with E-state index in [0.29, 0.717) is 11.4 Å². The summed E-state index contributed by atoms with van der Waals surface area (Å²) in [6.45, 7) is 4.23. The average Bonchev–Trinajstić information content (AvgIpc) is 2.03. The third-order valence-electron chi connectivity index (χ3n) is 1.76. The van der Waals surface area contributed by atoms with Crippen LogP contribution in [0.15, 0.2) is 18.5 Å². The Bertz CT molecular complexity index is 276. The van der Waals surface area contributed by atoms with Crippen LogP contribution in [0.2, 0.25) is 0 Å². The number of nitrogens with zero attached hydrogens (tertiary/aromatic N) is 1. The average molecular weight is 179 g/mol. The summed E-state index contributed by atoms with van der Waals surface area (Å²) in [6.07, 6.45) is 4.13. The van der Waals surface area contributed by atoms with Gasteiger partial charge in [0.15, 0.2) is 0 Å². The third-order valence-corrected chi connectivity index (χ3v) is 1.76. The molecule has 3 nitrogen and oxygen atoms in total. The minimum Gasteiger partial charge on any atom is -0.423 e. The monoisotopic (exact) mass is 179 g/mol. The number of aromatic nitrogens is 1. The highest BCUT2D eigenvalue weighted by Gasteiger charge is 2.11. The molecule has 1 rings (SSSR count). The van der Waals surface area contributed by atoms with Crippen LogP contribution in [0, 0.1) is 5.92 Å². The highest BCUT2D eigenvalue weighted by Crippen LogP contribution is 2.04. The lowest BCUT2D eigenvalue weighted by atomic mass is 9.80. The molecule has 1 aromatic rings. The van der Waals surface area contributed by atoms with Gasteiger partial charge in [-0.3, -0.25) is 4.98 Å². The summed E-state index contributed by atoms with van der Waals surface area (Å²) in [5.74, 6) is 0.549. The van der Waals surface area contributed by atoms with Crippen molar-refractivity contribution in [3.8, 4) is 0 Å². The lowest BCUT2D eigenvalue weighted by molar-refractivity contribution is 0.425. The lowest BCUT2D eigenvalue weighted by Gasteiger charge is -2.05. The summed E-state index contributed by atoms with van der Waals surface area (Å²) in [5, 5.41) is 17.8. The molecule has 2 N–H and O–H groups in total. The van der Waals surface area contributed by atoms with Crippen molar-refractivity contribution in [3.05, 3.63) is 24.0 Å². The minimum absolute atomic E-state index is 0.457. The van der Waals surface area contributed by atoms with Crippen LogP contribution < -0.4 is 5.46 Å². The molecule has 0 unspecified atom stereocenters. The fraction of sp³-hybridized carbons (Fsp3) is 0.444. The molecule has 0 bridgehead atoms. The molecule has 0 aliphatic heterocycles. The molecule has 70 valence electrons. The minimum atomic E-state index is -1.42. The second-order valence-corrected chi connectivity index (χ2v) is 3.60. The van der Waals surface area contributed by atoms with Crippen LogP contribution in [0.25, 0.3) is 0 Å². The van der Waals surface area contributed by atoms with Gasteiger partial charge in [0.05, 0.1) is 0 Å². The predicted molar refractivity (Wildman–Crippen MR) is 52.6 cm³/mol. The van der Waals surface area contributed by atoms with Crippen LogP contribution in [-0.4, -0.2) is 22.2 Å². The van der Waals surface area contributed by atoms with E-state index in [1.54, 1.807) is 12.3 Å². The van der Waals surface area contributed by atoms with E-state index >= 15 is 0 Å². The topological polar surface area (TPSA) is 53.4 Å². The summed E-state index contributed by atoms with van der Waals surface area (Å²) in [4.78, 5) is 3.94. The van der Waals surface area contributed by atoms with Gasteiger partial charge >= 0.3 is 7.12 Å². The zero-order valence-electron chi connectivity index (χ0n) is 7.94. The molecule has 0 amide bonds. The normalized spacial score (nSPS) is 10.5. The van der Waals surface area contributed by atoms with E-state index in [1.807, 2.05) is 0 Å². The van der Waals surface area contributed by atoms with Gasteiger partial charge < -0.3 is 10.0 Å². The molecule has 0 saturated carbocycles. The van der Waals surface area contributed by atoms with E-state index in [9.17, 15) is 0 Å². The quantitative estimate of drug-likeness (QED) is 0.640. The second kappa shape index (κ2) is 4.39. The maximum atomic E-state index is 8.90. The van der Waals surface area contributed by atoms with Gasteiger partial charge in [0.1, 0.15) is 0 Å². The van der Waals surface area contributed by atoms with E-state index in [0.717, 1.165) is 12.0 Å². The maximum Gasteiger partial charge on any atom is 0.490 e. The van der Waals surface area contributed by atoms with Crippen LogP contribution in [0.3, 0.4) is 0 Å². The van der Waals surface area contributed by atoms with Gasteiger partial charge in [-0.05, 0) is 17.9 Å². The molecular formula is C9H14BNO2. The Balaban J connectivity index is 2.79. The molecule has 0 saturated heterocycles. The zero-order valence-corrected chi connectivity index (χ0v) is 7.94. The summed E-state index contributed by atoms with van der Waals surface area (Å²) in [6, 6.07) is 1.78. The standard InChI is InChI=1S/C9H14BNO2/c1-7(2)3-8-4-9(10(12)13)6-11-5-8/h4-7,12-13H,3H2,1-2H3. The summed E-state index contributed by atoms with van der Waals surface area (Å²) in [5.41, 5.74) is 1.50. The van der Waals surface area contributed by atoms with Gasteiger partial charge in [-0.15, -0.1) is 0 Å². The Morgan fingerprint density at radius 1 is 1.38 bits per heavy atom. The summed E-state index contributed by atoms with van der Waals surface area (Å²) >= 11 is 0. The van der Waals surface area contributed by atoms with Crippen molar-refractivity contribution >= 4 is 12.6 Å². The van der Waals surface area contributed by atoms with E-state index in [4.69, 9.17) is 10.0 Å². The molecule has 0 spiro atoms. The molecular weight excluding hydrogens is 165 g/mol. The van der Waals surface area contributed by atoms with Gasteiger partial charge in [0, 0.05) is 17.9 Å². The first-order valence-corrected chi connectivity index (χ1v) is 4.39. The zero-order chi connectivity index (χ0) is 9.84. The van der Waals surface area contributed by atoms with Crippen LogP contribution in [0.4, 0.5) is 0 Å². The number of rotatable bonds is 3. The van der Waals surface area contributed by atoms with Crippen LogP contribution in [0.5, 0.6) is 0 Å². The molecule has 0 fully saturated rings. The predicted octanol–water partition coefficient (Wildman–Crippen LogP) is -0.0401. The maximum absolute atomic E-state index is 8.90. The van der Waals surface area contributed by atoms with Gasteiger partial charge in [0.2, 0.25) is 0 Å². The Morgan fingerprint density at radius 2 is 2.08 bits per heavy atom. The fourth-order valence-electron chi connectivity index (χ4n) is 1.23. The molecule has 0 aromatic carbocycles. The first kappa shape index (κ1) is 10.2. The molecule has 0 atom stereocenters. The van der Waals surface area contributed by atoms with Crippen molar-refractivity contribution in [2.75, 3.05) is 0 Å². The molecule has 13 heavy (non-hydrogen) atoms. The van der Waals surface area contributed by atoms with Crippen LogP contribution in [0.1, 0.15) is 19.4 Å². The third kappa shape index (κ3) is 3.16. The first-order chi connectivity index (χ1) is 6.09. The van der Waals surface area contributed by atoms with Gasteiger partial charge in [-0.1, -0.05) is 19.9 Å². The van der Waals surface area contributed by atoms with E-state index in [-0.39, 0.29) is 0 Å². The van der Waals surface area contributed by atoms with E-state index < -0.39 is 7.12 Å². The molecule has 1 aromatic heterocycles. The Morgan fingerprint density at radius 3 is 2.62 bits per heavy atom. The van der Waals surface area contributed by atoms with Crippen molar-refractivity contribution < 1.29 is 10.0 Å². The number of hydrogen-bond donors (Lipinski definition) is 2. The van der Waals surface area contributed by atoms with Crippen molar-refractivity contribution in [2.45, 2.75) is 20.3 Å². The highest BCUT2D eigenvalue weighted by atomic mass is 16.4. The smallest absolute Gasteiger partial charge is 0.423 e. The summed E-state index contributed by atoms with van der Waals surface area (Å²) in [7, 11) is -1.42. The molecule has 4 heteroatoms. The second-order valence-electron chi connectivity index (χ2n) is 3.60. The number of hydrogen-bond acceptors (Lipinski definition) is 3. The largest absolute Gasteiger partial charge is 0.490 e. The Labute approximate surface area is 78.6 Å². The van der Waals surface area contributed by atoms with Crippen LogP contribution >= 0.6 is 0 Å². The van der Waals surface area contributed by atoms with Gasteiger partial charge in [0.25, 0.3) is 0 Å². The first-order valence-electron chi connectivity index (χ1n) is 4.39. The van der Waals surface area contributed by atoms with Crippen molar-refractivity contribution in [1.29, 1.82) is 0 Å². The van der Waals surface area contributed by atoms with Crippen molar-refractivity contribution in [3.63, 3.8) is 0 Å². The van der Waals surface area contributed by atoms with Crippen molar-refractivity contribution in [2.24, 2.45) is 5.92 Å². The van der Waals surface area contributed by atoms with Gasteiger partial charge in [-0.2, -0.15) is 0 Å². The van der Waals surface area contributed by atoms with E-state index in [2.05, 4.69) is 18.8 Å². The fourth-order valence-corrected chi connectivity index (χ4v) is 1.23. The molecule has 0 aliphatic carbocycles. The molecule has 1 heterocycles. The summed E-state index contributed by atoms with van der Waals surface area (Å²) < 4.78 is 0. The van der Waals surface area contributed by atoms with E-state index in [1.165, 1.54) is 6.20 Å². The molecule has 0 radical (unpaired) electrons. The Kier molecular flexibility index (Phi) is 3.45. The molecule has 0 aliphatic rings. The Hall–Kier alpha value is -0.865. The highest BCUT2D eigenvalue weighted by molar-refractivity contribution is 6.58.